The minimum Gasteiger partial charge on any atom is -0.419 e. The molecule has 1 aliphatic rings. The Bertz CT molecular complexity index is 1310. The van der Waals surface area contributed by atoms with Gasteiger partial charge < -0.3 is 9.47 Å². The molecule has 0 aromatic heterocycles. The number of hydrogen-bond donors (Lipinski definition) is 0. The molecule has 0 aliphatic heterocycles. The molecule has 1 fully saturated rings. The van der Waals surface area contributed by atoms with Gasteiger partial charge in [0.25, 0.3) is 0 Å². The van der Waals surface area contributed by atoms with Crippen molar-refractivity contribution in [2.24, 2.45) is 0 Å². The number of ether oxygens (including phenoxy) is 2. The van der Waals surface area contributed by atoms with Crippen molar-refractivity contribution in [1.29, 1.82) is 0 Å². The maximum atomic E-state index is 13.1. The van der Waals surface area contributed by atoms with Gasteiger partial charge in [0.15, 0.2) is 11.5 Å². The molecule has 4 aromatic carbocycles. The van der Waals surface area contributed by atoms with Crippen molar-refractivity contribution in [3.8, 4) is 22.6 Å². The van der Waals surface area contributed by atoms with Crippen LogP contribution in [-0.2, 0) is 0 Å². The number of carbonyl (C=O) groups is 2. The van der Waals surface area contributed by atoms with E-state index in [1.54, 1.807) is 54.6 Å². The van der Waals surface area contributed by atoms with E-state index < -0.39 is 11.9 Å². The van der Waals surface area contributed by atoms with Crippen LogP contribution in [0.5, 0.6) is 11.5 Å². The van der Waals surface area contributed by atoms with Crippen molar-refractivity contribution in [1.82, 2.24) is 0 Å². The Balaban J connectivity index is 1.62. The van der Waals surface area contributed by atoms with E-state index >= 15 is 0 Å². The fourth-order valence-corrected chi connectivity index (χ4v) is 4.61. The third-order valence-corrected chi connectivity index (χ3v) is 6.40. The summed E-state index contributed by atoms with van der Waals surface area (Å²) in [6, 6.07) is 31.5. The summed E-state index contributed by atoms with van der Waals surface area (Å²) in [5.74, 6) is -0.160. The van der Waals surface area contributed by atoms with Crippen molar-refractivity contribution >= 4 is 11.9 Å². The second kappa shape index (κ2) is 10.4. The van der Waals surface area contributed by atoms with Gasteiger partial charge in [0, 0.05) is 5.56 Å². The molecule has 35 heavy (non-hydrogen) atoms. The van der Waals surface area contributed by atoms with Gasteiger partial charge in [-0.15, -0.1) is 0 Å². The smallest absolute Gasteiger partial charge is 0.343 e. The topological polar surface area (TPSA) is 52.6 Å². The summed E-state index contributed by atoms with van der Waals surface area (Å²) in [5, 5.41) is 0. The Hall–Kier alpha value is -4.18. The molecular weight excluding hydrogens is 436 g/mol. The van der Waals surface area contributed by atoms with Crippen molar-refractivity contribution in [2.45, 2.75) is 31.6 Å². The molecule has 5 rings (SSSR count). The van der Waals surface area contributed by atoms with Crippen LogP contribution >= 0.6 is 0 Å². The Morgan fingerprint density at radius 3 is 1.69 bits per heavy atom. The van der Waals surface area contributed by atoms with Crippen molar-refractivity contribution in [3.05, 3.63) is 120 Å². The molecule has 1 aliphatic carbocycles. The monoisotopic (exact) mass is 462 g/mol. The number of esters is 2. The maximum absolute atomic E-state index is 13.1. The lowest BCUT2D eigenvalue weighted by molar-refractivity contribution is 0.0680. The largest absolute Gasteiger partial charge is 0.419 e. The summed E-state index contributed by atoms with van der Waals surface area (Å²) >= 11 is 0. The van der Waals surface area contributed by atoms with Crippen LogP contribution in [0.3, 0.4) is 0 Å². The van der Waals surface area contributed by atoms with Crippen molar-refractivity contribution in [3.63, 3.8) is 0 Å². The van der Waals surface area contributed by atoms with E-state index in [0.717, 1.165) is 42.4 Å². The molecule has 4 heteroatoms. The number of carbonyl (C=O) groups excluding carboxylic acids is 2. The highest BCUT2D eigenvalue weighted by atomic mass is 16.6. The molecule has 174 valence electrons. The molecule has 0 amide bonds. The predicted molar refractivity (Wildman–Crippen MR) is 136 cm³/mol. The zero-order valence-corrected chi connectivity index (χ0v) is 19.4. The highest BCUT2D eigenvalue weighted by Crippen LogP contribution is 2.46. The van der Waals surface area contributed by atoms with Crippen LogP contribution in [0.15, 0.2) is 103 Å². The van der Waals surface area contributed by atoms with Gasteiger partial charge in [-0.1, -0.05) is 79.6 Å². The van der Waals surface area contributed by atoms with E-state index in [-0.39, 0.29) is 11.7 Å². The standard InChI is InChI=1S/C31H26O4/c32-30(24-16-6-2-7-17-24)34-28-21-26(22-12-4-1-5-13-22)20-27(23-14-10-11-15-23)29(28)35-31(33)25-18-8-3-9-19-25/h1-9,12-13,16-21,23H,10-11,14-15H2. The first-order chi connectivity index (χ1) is 17.2. The van der Waals surface area contributed by atoms with Gasteiger partial charge in [-0.2, -0.15) is 0 Å². The van der Waals surface area contributed by atoms with Gasteiger partial charge in [-0.25, -0.2) is 9.59 Å². The molecule has 0 atom stereocenters. The van der Waals surface area contributed by atoms with Gasteiger partial charge in [-0.05, 0) is 66.3 Å². The lowest BCUT2D eigenvalue weighted by Crippen LogP contribution is -2.15. The molecule has 0 radical (unpaired) electrons. The highest BCUT2D eigenvalue weighted by molar-refractivity contribution is 5.94. The molecular formula is C31H26O4. The van der Waals surface area contributed by atoms with Gasteiger partial charge >= 0.3 is 11.9 Å². The van der Waals surface area contributed by atoms with E-state index in [0.29, 0.717) is 16.9 Å². The molecule has 0 N–H and O–H groups in total. The van der Waals surface area contributed by atoms with Gasteiger partial charge in [0.05, 0.1) is 11.1 Å². The minimum atomic E-state index is -0.495. The third kappa shape index (κ3) is 5.17. The summed E-state index contributed by atoms with van der Waals surface area (Å²) in [5.41, 5.74) is 3.70. The average molecular weight is 463 g/mol. The molecule has 0 heterocycles. The van der Waals surface area contributed by atoms with E-state index in [1.807, 2.05) is 42.5 Å². The molecule has 4 nitrogen and oxygen atoms in total. The molecule has 0 saturated heterocycles. The summed E-state index contributed by atoms with van der Waals surface area (Å²) < 4.78 is 11.9. The first-order valence-corrected chi connectivity index (χ1v) is 12.0. The molecule has 1 saturated carbocycles. The van der Waals surface area contributed by atoms with Crippen LogP contribution in [-0.4, -0.2) is 11.9 Å². The van der Waals surface area contributed by atoms with Gasteiger partial charge in [0.2, 0.25) is 0 Å². The quantitative estimate of drug-likeness (QED) is 0.221. The number of hydrogen-bond acceptors (Lipinski definition) is 4. The average Bonchev–Trinajstić information content (AvgIpc) is 3.46. The van der Waals surface area contributed by atoms with Crippen molar-refractivity contribution in [2.75, 3.05) is 0 Å². The van der Waals surface area contributed by atoms with Crippen LogP contribution < -0.4 is 9.47 Å². The van der Waals surface area contributed by atoms with Gasteiger partial charge in [-0.3, -0.25) is 0 Å². The van der Waals surface area contributed by atoms with Crippen LogP contribution in [0.25, 0.3) is 11.1 Å². The fraction of sp³-hybridized carbons (Fsp3) is 0.161. The summed E-state index contributed by atoms with van der Waals surface area (Å²) in [6.07, 6.45) is 4.23. The molecule has 0 unspecified atom stereocenters. The Labute approximate surface area is 205 Å². The van der Waals surface area contributed by atoms with Crippen LogP contribution in [0.2, 0.25) is 0 Å². The van der Waals surface area contributed by atoms with Crippen molar-refractivity contribution < 1.29 is 19.1 Å². The zero-order valence-electron chi connectivity index (χ0n) is 19.4. The molecule has 0 spiro atoms. The summed E-state index contributed by atoms with van der Waals surface area (Å²) in [6.45, 7) is 0. The summed E-state index contributed by atoms with van der Waals surface area (Å²) in [7, 11) is 0. The van der Waals surface area contributed by atoms with Crippen LogP contribution in [0.1, 0.15) is 57.9 Å². The van der Waals surface area contributed by atoms with Crippen LogP contribution in [0.4, 0.5) is 0 Å². The minimum absolute atomic E-state index is 0.228. The van der Waals surface area contributed by atoms with E-state index in [2.05, 4.69) is 6.07 Å². The second-order valence-electron chi connectivity index (χ2n) is 8.75. The zero-order chi connectivity index (χ0) is 24.0. The lowest BCUT2D eigenvalue weighted by Gasteiger charge is -2.20. The fourth-order valence-electron chi connectivity index (χ4n) is 4.61. The summed E-state index contributed by atoms with van der Waals surface area (Å²) in [4.78, 5) is 26.1. The van der Waals surface area contributed by atoms with Gasteiger partial charge in [0.1, 0.15) is 0 Å². The second-order valence-corrected chi connectivity index (χ2v) is 8.75. The Kier molecular flexibility index (Phi) is 6.71. The first-order valence-electron chi connectivity index (χ1n) is 12.0. The maximum Gasteiger partial charge on any atom is 0.343 e. The lowest BCUT2D eigenvalue weighted by atomic mass is 9.92. The van der Waals surface area contributed by atoms with E-state index in [1.165, 1.54) is 0 Å². The first kappa shape index (κ1) is 22.6. The Morgan fingerprint density at radius 2 is 1.11 bits per heavy atom. The molecule has 4 aromatic rings. The SMILES string of the molecule is O=C(Oc1cc(-c2ccccc2)cc(C2CCCC2)c1OC(=O)c1ccccc1)c1ccccc1. The third-order valence-electron chi connectivity index (χ3n) is 6.40. The number of rotatable bonds is 6. The predicted octanol–water partition coefficient (Wildman–Crippen LogP) is 7.45. The number of benzene rings is 4. The van der Waals surface area contributed by atoms with E-state index in [4.69, 9.17) is 9.47 Å². The van der Waals surface area contributed by atoms with Crippen LogP contribution in [0, 0.1) is 0 Å². The highest BCUT2D eigenvalue weighted by Gasteiger charge is 2.27. The normalized spacial score (nSPS) is 13.4. The molecule has 0 bridgehead atoms. The Morgan fingerprint density at radius 1 is 0.600 bits per heavy atom. The van der Waals surface area contributed by atoms with E-state index in [9.17, 15) is 9.59 Å².